The zero-order valence-corrected chi connectivity index (χ0v) is 14.2. The van der Waals surface area contributed by atoms with Gasteiger partial charge in [0.15, 0.2) is 0 Å². The number of nitrogens with zero attached hydrogens (tertiary/aromatic N) is 1. The Labute approximate surface area is 133 Å². The van der Waals surface area contributed by atoms with Crippen LogP contribution in [0.2, 0.25) is 0 Å². The van der Waals surface area contributed by atoms with Crippen LogP contribution < -0.4 is 5.32 Å². The van der Waals surface area contributed by atoms with E-state index < -0.39 is 16.1 Å². The summed E-state index contributed by atoms with van der Waals surface area (Å²) >= 11 is 2.74. The molecule has 1 saturated carbocycles. The molecule has 8 heteroatoms. The Hall–Kier alpha value is -0.570. The van der Waals surface area contributed by atoms with Gasteiger partial charge in [0.1, 0.15) is 10.3 Å². The predicted molar refractivity (Wildman–Crippen MR) is 84.9 cm³/mol. The van der Waals surface area contributed by atoms with E-state index in [1.807, 2.05) is 6.92 Å². The second-order valence-electron chi connectivity index (χ2n) is 5.46. The van der Waals surface area contributed by atoms with E-state index in [1.165, 1.54) is 27.4 Å². The standard InChI is InChI=1S/C13H18N2O3S3/c1-9-2-5-12(20-9)21(17,18)15-8-19-7-11(15)13(16)14-6-10-3-4-10/h2,5,10-11H,3-4,6-8H2,1H3,(H,14,16)/t11-/m1/s1. The third kappa shape index (κ3) is 3.28. The van der Waals surface area contributed by atoms with E-state index >= 15 is 0 Å². The smallest absolute Gasteiger partial charge is 0.254 e. The van der Waals surface area contributed by atoms with Crippen molar-refractivity contribution in [2.45, 2.75) is 30.0 Å². The van der Waals surface area contributed by atoms with Crippen molar-refractivity contribution in [3.05, 3.63) is 17.0 Å². The van der Waals surface area contributed by atoms with Crippen LogP contribution in [0.25, 0.3) is 0 Å². The van der Waals surface area contributed by atoms with Crippen LogP contribution in [0.15, 0.2) is 16.3 Å². The van der Waals surface area contributed by atoms with Gasteiger partial charge >= 0.3 is 0 Å². The zero-order valence-electron chi connectivity index (χ0n) is 11.7. The van der Waals surface area contributed by atoms with E-state index in [4.69, 9.17) is 0 Å². The summed E-state index contributed by atoms with van der Waals surface area (Å²) in [5, 5.41) is 2.89. The molecule has 1 aromatic rings. The Morgan fingerprint density at radius 2 is 2.19 bits per heavy atom. The average molecular weight is 346 g/mol. The molecule has 1 aliphatic heterocycles. The van der Waals surface area contributed by atoms with E-state index in [9.17, 15) is 13.2 Å². The third-order valence-corrected chi connectivity index (χ3v) is 8.18. The molecule has 0 bridgehead atoms. The highest BCUT2D eigenvalue weighted by molar-refractivity contribution is 8.01. The number of hydrogen-bond acceptors (Lipinski definition) is 5. The van der Waals surface area contributed by atoms with Gasteiger partial charge in [-0.15, -0.1) is 23.1 Å². The maximum Gasteiger partial charge on any atom is 0.254 e. The van der Waals surface area contributed by atoms with Crippen LogP contribution in [0, 0.1) is 12.8 Å². The summed E-state index contributed by atoms with van der Waals surface area (Å²) in [5.41, 5.74) is 0. The van der Waals surface area contributed by atoms with Crippen molar-refractivity contribution in [2.24, 2.45) is 5.92 Å². The Morgan fingerprint density at radius 3 is 2.81 bits per heavy atom. The molecule has 5 nitrogen and oxygen atoms in total. The Balaban J connectivity index is 1.74. The van der Waals surface area contributed by atoms with Crippen LogP contribution in [0.1, 0.15) is 17.7 Å². The van der Waals surface area contributed by atoms with Gasteiger partial charge in [-0.25, -0.2) is 8.42 Å². The number of nitrogens with one attached hydrogen (secondary N) is 1. The first-order valence-electron chi connectivity index (χ1n) is 6.92. The van der Waals surface area contributed by atoms with Gasteiger partial charge in [-0.05, 0) is 37.8 Å². The number of carbonyl (C=O) groups excluding carboxylic acids is 1. The number of aryl methyl sites for hydroxylation is 1. The van der Waals surface area contributed by atoms with E-state index in [1.54, 1.807) is 12.1 Å². The molecule has 21 heavy (non-hydrogen) atoms. The van der Waals surface area contributed by atoms with Gasteiger partial charge in [-0.3, -0.25) is 4.79 Å². The lowest BCUT2D eigenvalue weighted by Gasteiger charge is -2.21. The summed E-state index contributed by atoms with van der Waals surface area (Å²) in [6.45, 7) is 2.55. The van der Waals surface area contributed by atoms with E-state index in [0.29, 0.717) is 28.3 Å². The molecule has 1 atom stereocenters. The van der Waals surface area contributed by atoms with Crippen molar-refractivity contribution in [2.75, 3.05) is 18.2 Å². The van der Waals surface area contributed by atoms with Crippen LogP contribution >= 0.6 is 23.1 Å². The van der Waals surface area contributed by atoms with Gasteiger partial charge in [-0.1, -0.05) is 0 Å². The summed E-state index contributed by atoms with van der Waals surface area (Å²) < 4.78 is 27.0. The van der Waals surface area contributed by atoms with Gasteiger partial charge in [-0.2, -0.15) is 4.31 Å². The Morgan fingerprint density at radius 1 is 1.43 bits per heavy atom. The minimum absolute atomic E-state index is 0.163. The summed E-state index contributed by atoms with van der Waals surface area (Å²) in [6, 6.07) is 2.83. The molecule has 0 radical (unpaired) electrons. The number of thiophene rings is 1. The fraction of sp³-hybridized carbons (Fsp3) is 0.615. The molecule has 2 aliphatic rings. The van der Waals surface area contributed by atoms with Crippen molar-refractivity contribution in [1.29, 1.82) is 0 Å². The molecule has 1 aliphatic carbocycles. The summed E-state index contributed by atoms with van der Waals surface area (Å²) in [5.74, 6) is 1.30. The Kier molecular flexibility index (Phi) is 4.31. The lowest BCUT2D eigenvalue weighted by atomic mass is 10.3. The third-order valence-electron chi connectivity index (χ3n) is 3.69. The number of amides is 1. The van der Waals surface area contributed by atoms with Crippen molar-refractivity contribution in [1.82, 2.24) is 9.62 Å². The van der Waals surface area contributed by atoms with Crippen molar-refractivity contribution in [3.8, 4) is 0 Å². The average Bonchev–Trinajstić information content (AvgIpc) is 2.95. The predicted octanol–water partition coefficient (Wildman–Crippen LogP) is 1.65. The lowest BCUT2D eigenvalue weighted by Crippen LogP contribution is -2.47. The number of sulfonamides is 1. The lowest BCUT2D eigenvalue weighted by molar-refractivity contribution is -0.123. The monoisotopic (exact) mass is 346 g/mol. The summed E-state index contributed by atoms with van der Waals surface area (Å²) in [4.78, 5) is 13.2. The maximum absolute atomic E-state index is 12.7. The molecule has 116 valence electrons. The molecule has 1 aromatic heterocycles. The van der Waals surface area contributed by atoms with Crippen LogP contribution in [-0.2, 0) is 14.8 Å². The molecule has 2 heterocycles. The van der Waals surface area contributed by atoms with Crippen molar-refractivity contribution < 1.29 is 13.2 Å². The Bertz CT molecular complexity index is 637. The second kappa shape index (κ2) is 5.91. The highest BCUT2D eigenvalue weighted by atomic mass is 32.2. The molecule has 0 spiro atoms. The molecule has 0 aromatic carbocycles. The first kappa shape index (κ1) is 15.3. The summed E-state index contributed by atoms with van der Waals surface area (Å²) in [7, 11) is -3.56. The number of rotatable bonds is 5. The first-order valence-corrected chi connectivity index (χ1v) is 10.3. The van der Waals surface area contributed by atoms with Gasteiger partial charge in [0.2, 0.25) is 5.91 Å². The highest BCUT2D eigenvalue weighted by Gasteiger charge is 2.40. The summed E-state index contributed by atoms with van der Waals surface area (Å²) in [6.07, 6.45) is 2.33. The fourth-order valence-corrected chi connectivity index (χ4v) is 6.78. The van der Waals surface area contributed by atoms with E-state index in [2.05, 4.69) is 5.32 Å². The van der Waals surface area contributed by atoms with Crippen LogP contribution in [0.3, 0.4) is 0 Å². The number of thioether (sulfide) groups is 1. The maximum atomic E-state index is 12.7. The van der Waals surface area contributed by atoms with Crippen LogP contribution in [0.5, 0.6) is 0 Å². The molecule has 1 amide bonds. The van der Waals surface area contributed by atoms with E-state index in [-0.39, 0.29) is 5.91 Å². The van der Waals surface area contributed by atoms with Crippen LogP contribution in [-0.4, -0.2) is 42.8 Å². The molecule has 0 unspecified atom stereocenters. The molecular formula is C13H18N2O3S3. The zero-order chi connectivity index (χ0) is 15.0. The number of hydrogen-bond donors (Lipinski definition) is 1. The number of carbonyl (C=O) groups is 1. The van der Waals surface area contributed by atoms with Crippen molar-refractivity contribution >= 4 is 39.0 Å². The molecule has 1 N–H and O–H groups in total. The first-order chi connectivity index (χ1) is 9.98. The molecule has 3 rings (SSSR count). The topological polar surface area (TPSA) is 66.5 Å². The highest BCUT2D eigenvalue weighted by Crippen LogP contribution is 2.32. The minimum Gasteiger partial charge on any atom is -0.354 e. The SMILES string of the molecule is Cc1ccc(S(=O)(=O)N2CSC[C@@H]2C(=O)NCC2CC2)s1. The fourth-order valence-electron chi connectivity index (χ4n) is 2.22. The minimum atomic E-state index is -3.56. The normalized spacial score (nSPS) is 23.4. The quantitative estimate of drug-likeness (QED) is 0.880. The molecule has 1 saturated heterocycles. The molecular weight excluding hydrogens is 328 g/mol. The van der Waals surface area contributed by atoms with Gasteiger partial charge in [0.05, 0.1) is 5.88 Å². The van der Waals surface area contributed by atoms with Gasteiger partial charge in [0.25, 0.3) is 10.0 Å². The van der Waals surface area contributed by atoms with E-state index in [0.717, 1.165) is 17.7 Å². The van der Waals surface area contributed by atoms with Gasteiger partial charge in [0, 0.05) is 17.2 Å². The van der Waals surface area contributed by atoms with Crippen LogP contribution in [0.4, 0.5) is 0 Å². The second-order valence-corrected chi connectivity index (χ2v) is 9.87. The largest absolute Gasteiger partial charge is 0.354 e. The van der Waals surface area contributed by atoms with Crippen molar-refractivity contribution in [3.63, 3.8) is 0 Å². The van der Waals surface area contributed by atoms with Gasteiger partial charge < -0.3 is 5.32 Å². The molecule has 2 fully saturated rings.